The summed E-state index contributed by atoms with van der Waals surface area (Å²) in [6.07, 6.45) is 0. The first-order chi connectivity index (χ1) is 9.61. The molecular formula is C16H13NO3. The minimum atomic E-state index is -1.29. The van der Waals surface area contributed by atoms with Crippen LogP contribution < -0.4 is 5.32 Å². The Morgan fingerprint density at radius 3 is 2.45 bits per heavy atom. The summed E-state index contributed by atoms with van der Waals surface area (Å²) in [6.45, 7) is 1.61. The van der Waals surface area contributed by atoms with Crippen LogP contribution in [0.4, 0.5) is 5.69 Å². The topological polar surface area (TPSA) is 55.4 Å². The van der Waals surface area contributed by atoms with Gasteiger partial charge in [-0.05, 0) is 25.1 Å². The molecule has 0 bridgehead atoms. The Labute approximate surface area is 116 Å². The lowest BCUT2D eigenvalue weighted by atomic mass is 9.97. The summed E-state index contributed by atoms with van der Waals surface area (Å²) in [7, 11) is 0. The van der Waals surface area contributed by atoms with Crippen LogP contribution in [0.25, 0.3) is 0 Å². The molecule has 0 unspecified atom stereocenters. The molecule has 4 nitrogen and oxygen atoms in total. The number of hydrogen-bond donors (Lipinski definition) is 1. The number of carbonyl (C=O) groups is 2. The molecule has 0 saturated carbocycles. The average Bonchev–Trinajstić information content (AvgIpc) is 2.72. The van der Waals surface area contributed by atoms with Gasteiger partial charge in [0.2, 0.25) is 5.60 Å². The second-order valence-electron chi connectivity index (χ2n) is 4.79. The van der Waals surface area contributed by atoms with Crippen molar-refractivity contribution in [2.45, 2.75) is 12.5 Å². The van der Waals surface area contributed by atoms with Gasteiger partial charge in [0.15, 0.2) is 0 Å². The van der Waals surface area contributed by atoms with E-state index in [0.717, 1.165) is 0 Å². The van der Waals surface area contributed by atoms with Gasteiger partial charge in [0.25, 0.3) is 5.91 Å². The van der Waals surface area contributed by atoms with Crippen molar-refractivity contribution >= 4 is 17.6 Å². The molecule has 0 aliphatic carbocycles. The third-order valence-electron chi connectivity index (χ3n) is 3.43. The molecule has 0 fully saturated rings. The van der Waals surface area contributed by atoms with Crippen molar-refractivity contribution in [3.05, 3.63) is 65.7 Å². The predicted octanol–water partition coefficient (Wildman–Crippen LogP) is 2.71. The standard InChI is InChI=1S/C16H13NO3/c1-16(20-14(18)11-7-3-2-4-8-11)12-9-5-6-10-13(12)17-15(16)19/h2-10H,1H3,(H,17,19)/t16-/m0/s1. The molecule has 0 spiro atoms. The van der Waals surface area contributed by atoms with Crippen LogP contribution in [-0.4, -0.2) is 11.9 Å². The molecule has 1 amide bonds. The van der Waals surface area contributed by atoms with Crippen LogP contribution in [-0.2, 0) is 15.1 Å². The Hall–Kier alpha value is -2.62. The Kier molecular flexibility index (Phi) is 2.79. The quantitative estimate of drug-likeness (QED) is 0.851. The SMILES string of the molecule is C[C@@]1(OC(=O)c2ccccc2)C(=O)Nc2ccccc21. The number of para-hydroxylation sites is 1. The molecule has 2 aromatic carbocycles. The summed E-state index contributed by atoms with van der Waals surface area (Å²) in [5, 5.41) is 2.73. The van der Waals surface area contributed by atoms with Gasteiger partial charge in [-0.15, -0.1) is 0 Å². The highest BCUT2D eigenvalue weighted by molar-refractivity contribution is 6.06. The number of rotatable bonds is 2. The lowest BCUT2D eigenvalue weighted by Gasteiger charge is -2.22. The van der Waals surface area contributed by atoms with Gasteiger partial charge in [0.1, 0.15) is 0 Å². The first kappa shape index (κ1) is 12.4. The molecule has 4 heteroatoms. The van der Waals surface area contributed by atoms with Gasteiger partial charge >= 0.3 is 5.97 Å². The molecule has 0 aromatic heterocycles. The number of benzene rings is 2. The van der Waals surface area contributed by atoms with Gasteiger partial charge in [-0.25, -0.2) is 4.79 Å². The molecule has 1 N–H and O–H groups in total. The smallest absolute Gasteiger partial charge is 0.339 e. The van der Waals surface area contributed by atoms with Crippen LogP contribution in [0.3, 0.4) is 0 Å². The van der Waals surface area contributed by atoms with Crippen LogP contribution in [0, 0.1) is 0 Å². The van der Waals surface area contributed by atoms with Gasteiger partial charge < -0.3 is 10.1 Å². The van der Waals surface area contributed by atoms with E-state index in [4.69, 9.17) is 4.74 Å². The lowest BCUT2D eigenvalue weighted by molar-refractivity contribution is -0.133. The summed E-state index contributed by atoms with van der Waals surface area (Å²) < 4.78 is 5.47. The van der Waals surface area contributed by atoms with E-state index in [0.29, 0.717) is 16.8 Å². The Bertz CT molecular complexity index is 681. The molecule has 3 rings (SSSR count). The highest BCUT2D eigenvalue weighted by Crippen LogP contribution is 2.38. The maximum Gasteiger partial charge on any atom is 0.339 e. The third kappa shape index (κ3) is 1.86. The Balaban J connectivity index is 1.94. The third-order valence-corrected chi connectivity index (χ3v) is 3.43. The molecule has 1 heterocycles. The van der Waals surface area contributed by atoms with E-state index in [2.05, 4.69) is 5.32 Å². The van der Waals surface area contributed by atoms with E-state index in [9.17, 15) is 9.59 Å². The van der Waals surface area contributed by atoms with Gasteiger partial charge in [-0.1, -0.05) is 36.4 Å². The van der Waals surface area contributed by atoms with Gasteiger partial charge in [-0.2, -0.15) is 0 Å². The molecule has 1 atom stereocenters. The summed E-state index contributed by atoms with van der Waals surface area (Å²) in [5.41, 5.74) is 0.491. The van der Waals surface area contributed by atoms with Crippen molar-refractivity contribution < 1.29 is 14.3 Å². The van der Waals surface area contributed by atoms with Crippen LogP contribution in [0.15, 0.2) is 54.6 Å². The van der Waals surface area contributed by atoms with Crippen LogP contribution in [0.2, 0.25) is 0 Å². The molecule has 20 heavy (non-hydrogen) atoms. The normalized spacial score (nSPS) is 20.1. The van der Waals surface area contributed by atoms with Gasteiger partial charge in [0.05, 0.1) is 5.56 Å². The van der Waals surface area contributed by atoms with E-state index < -0.39 is 11.6 Å². The molecular weight excluding hydrogens is 254 g/mol. The average molecular weight is 267 g/mol. The summed E-state index contributed by atoms with van der Waals surface area (Å²) in [4.78, 5) is 24.3. The lowest BCUT2D eigenvalue weighted by Crippen LogP contribution is -2.36. The number of nitrogens with one attached hydrogen (secondary N) is 1. The van der Waals surface area contributed by atoms with E-state index in [1.165, 1.54) is 0 Å². The number of carbonyl (C=O) groups excluding carboxylic acids is 2. The fourth-order valence-electron chi connectivity index (χ4n) is 2.29. The van der Waals surface area contributed by atoms with Crippen LogP contribution in [0.5, 0.6) is 0 Å². The van der Waals surface area contributed by atoms with Crippen molar-refractivity contribution in [3.8, 4) is 0 Å². The largest absolute Gasteiger partial charge is 0.441 e. The molecule has 0 radical (unpaired) electrons. The molecule has 0 saturated heterocycles. The maximum absolute atomic E-state index is 12.2. The molecule has 2 aromatic rings. The van der Waals surface area contributed by atoms with Crippen molar-refractivity contribution in [3.63, 3.8) is 0 Å². The van der Waals surface area contributed by atoms with E-state index >= 15 is 0 Å². The number of hydrogen-bond acceptors (Lipinski definition) is 3. The Morgan fingerprint density at radius 1 is 1.05 bits per heavy atom. The van der Waals surface area contributed by atoms with Crippen molar-refractivity contribution in [2.24, 2.45) is 0 Å². The summed E-state index contributed by atoms with van der Waals surface area (Å²) in [6, 6.07) is 15.8. The maximum atomic E-state index is 12.2. The monoisotopic (exact) mass is 267 g/mol. The zero-order valence-corrected chi connectivity index (χ0v) is 10.9. The van der Waals surface area contributed by atoms with E-state index in [1.54, 1.807) is 43.3 Å². The zero-order chi connectivity index (χ0) is 14.2. The van der Waals surface area contributed by atoms with E-state index in [1.807, 2.05) is 18.2 Å². The van der Waals surface area contributed by atoms with Crippen LogP contribution >= 0.6 is 0 Å². The fourth-order valence-corrected chi connectivity index (χ4v) is 2.29. The molecule has 100 valence electrons. The highest BCUT2D eigenvalue weighted by atomic mass is 16.6. The van der Waals surface area contributed by atoms with Crippen molar-refractivity contribution in [1.82, 2.24) is 0 Å². The van der Waals surface area contributed by atoms with Gasteiger partial charge in [0, 0.05) is 11.3 Å². The number of fused-ring (bicyclic) bond motifs is 1. The number of amides is 1. The first-order valence-electron chi connectivity index (χ1n) is 6.30. The zero-order valence-electron chi connectivity index (χ0n) is 10.9. The van der Waals surface area contributed by atoms with Crippen LogP contribution in [0.1, 0.15) is 22.8 Å². The summed E-state index contributed by atoms with van der Waals surface area (Å²) >= 11 is 0. The first-order valence-corrected chi connectivity index (χ1v) is 6.30. The van der Waals surface area contributed by atoms with Crippen molar-refractivity contribution in [1.29, 1.82) is 0 Å². The minimum Gasteiger partial charge on any atom is -0.441 e. The predicted molar refractivity (Wildman–Crippen MR) is 74.3 cm³/mol. The fraction of sp³-hybridized carbons (Fsp3) is 0.125. The Morgan fingerprint density at radius 2 is 1.70 bits per heavy atom. The molecule has 1 aliphatic heterocycles. The number of esters is 1. The second kappa shape index (κ2) is 4.49. The van der Waals surface area contributed by atoms with Gasteiger partial charge in [-0.3, -0.25) is 4.79 Å². The number of ether oxygens (including phenoxy) is 1. The number of anilines is 1. The van der Waals surface area contributed by atoms with E-state index in [-0.39, 0.29) is 5.91 Å². The summed E-state index contributed by atoms with van der Waals surface area (Å²) in [5.74, 6) is -0.845. The van der Waals surface area contributed by atoms with Crippen molar-refractivity contribution in [2.75, 3.05) is 5.32 Å². The molecule has 1 aliphatic rings. The second-order valence-corrected chi connectivity index (χ2v) is 4.79. The highest BCUT2D eigenvalue weighted by Gasteiger charge is 2.46. The minimum absolute atomic E-state index is 0.331.